The van der Waals surface area contributed by atoms with E-state index in [-0.39, 0.29) is 11.8 Å². The molecule has 1 aliphatic rings. The molecular weight excluding hydrogens is 330 g/mol. The van der Waals surface area contributed by atoms with Crippen molar-refractivity contribution in [3.8, 4) is 5.75 Å². The van der Waals surface area contributed by atoms with Crippen LogP contribution < -0.4 is 10.1 Å². The Balaban J connectivity index is 1.48. The summed E-state index contributed by atoms with van der Waals surface area (Å²) in [6.45, 7) is 0.642. The van der Waals surface area contributed by atoms with Crippen molar-refractivity contribution in [3.05, 3.63) is 82.0 Å². The van der Waals surface area contributed by atoms with Crippen molar-refractivity contribution in [2.24, 2.45) is 0 Å². The van der Waals surface area contributed by atoms with E-state index >= 15 is 0 Å². The van der Waals surface area contributed by atoms with Gasteiger partial charge in [0.1, 0.15) is 5.75 Å². The zero-order valence-electron chi connectivity index (χ0n) is 13.8. The lowest BCUT2D eigenvalue weighted by Gasteiger charge is -2.23. The molecule has 4 heteroatoms. The molecule has 1 atom stereocenters. The molecule has 0 aliphatic carbocycles. The van der Waals surface area contributed by atoms with Crippen LogP contribution in [0.5, 0.6) is 5.75 Å². The summed E-state index contributed by atoms with van der Waals surface area (Å²) < 4.78 is 5.94. The molecule has 1 N–H and O–H groups in total. The molecule has 0 spiro atoms. The summed E-state index contributed by atoms with van der Waals surface area (Å²) >= 11 is 1.70. The number of anilines is 1. The number of nitrogens with one attached hydrogen (secondary N) is 1. The van der Waals surface area contributed by atoms with Crippen LogP contribution >= 0.6 is 11.3 Å². The Morgan fingerprint density at radius 3 is 2.84 bits per heavy atom. The summed E-state index contributed by atoms with van der Waals surface area (Å²) in [4.78, 5) is 13.2. The molecule has 0 unspecified atom stereocenters. The summed E-state index contributed by atoms with van der Waals surface area (Å²) in [5.74, 6) is 1.05. The van der Waals surface area contributed by atoms with Crippen molar-refractivity contribution in [1.29, 1.82) is 0 Å². The topological polar surface area (TPSA) is 38.3 Å². The third kappa shape index (κ3) is 3.59. The van der Waals surface area contributed by atoms with Gasteiger partial charge in [-0.3, -0.25) is 4.79 Å². The highest BCUT2D eigenvalue weighted by Crippen LogP contribution is 2.41. The molecule has 0 fully saturated rings. The highest BCUT2D eigenvalue weighted by molar-refractivity contribution is 7.10. The SMILES string of the molecule is O=C1C[C@H](c2cccc(OCCc3ccccc3)c2)c2sccc2N1. The number of fused-ring (bicyclic) bond motifs is 1. The number of carbonyl (C=O) groups excluding carboxylic acids is 1. The second-order valence-electron chi connectivity index (χ2n) is 6.16. The van der Waals surface area contributed by atoms with Gasteiger partial charge in [0.15, 0.2) is 0 Å². The molecule has 25 heavy (non-hydrogen) atoms. The van der Waals surface area contributed by atoms with Gasteiger partial charge >= 0.3 is 0 Å². The average molecular weight is 349 g/mol. The minimum absolute atomic E-state index is 0.0753. The van der Waals surface area contributed by atoms with Gasteiger partial charge in [-0.15, -0.1) is 11.3 Å². The fraction of sp³-hybridized carbons (Fsp3) is 0.190. The Labute approximate surface area is 151 Å². The van der Waals surface area contributed by atoms with Crippen LogP contribution in [0.4, 0.5) is 5.69 Å². The molecular formula is C21H19NO2S. The van der Waals surface area contributed by atoms with Crippen LogP contribution in [0.3, 0.4) is 0 Å². The molecule has 1 amide bonds. The largest absolute Gasteiger partial charge is 0.493 e. The first-order chi connectivity index (χ1) is 12.3. The predicted molar refractivity (Wildman–Crippen MR) is 101 cm³/mol. The van der Waals surface area contributed by atoms with Crippen molar-refractivity contribution in [1.82, 2.24) is 0 Å². The molecule has 4 rings (SSSR count). The van der Waals surface area contributed by atoms with E-state index in [4.69, 9.17) is 4.74 Å². The van der Waals surface area contributed by atoms with Crippen LogP contribution in [-0.4, -0.2) is 12.5 Å². The van der Waals surface area contributed by atoms with Crippen molar-refractivity contribution in [2.75, 3.05) is 11.9 Å². The minimum atomic E-state index is 0.0753. The van der Waals surface area contributed by atoms with E-state index in [0.29, 0.717) is 13.0 Å². The lowest BCUT2D eigenvalue weighted by atomic mass is 9.90. The summed E-state index contributed by atoms with van der Waals surface area (Å²) in [6.07, 6.45) is 1.37. The number of hydrogen-bond donors (Lipinski definition) is 1. The van der Waals surface area contributed by atoms with Gasteiger partial charge in [-0.25, -0.2) is 0 Å². The Morgan fingerprint density at radius 2 is 1.96 bits per heavy atom. The van der Waals surface area contributed by atoms with Crippen LogP contribution in [0.15, 0.2) is 66.0 Å². The number of thiophene rings is 1. The van der Waals surface area contributed by atoms with Gasteiger partial charge in [0.25, 0.3) is 0 Å². The fourth-order valence-corrected chi connectivity index (χ4v) is 4.18. The summed E-state index contributed by atoms with van der Waals surface area (Å²) in [5, 5.41) is 4.98. The smallest absolute Gasteiger partial charge is 0.225 e. The van der Waals surface area contributed by atoms with Crippen molar-refractivity contribution in [3.63, 3.8) is 0 Å². The average Bonchev–Trinajstić information content (AvgIpc) is 3.10. The molecule has 126 valence electrons. The third-order valence-corrected chi connectivity index (χ3v) is 5.47. The minimum Gasteiger partial charge on any atom is -0.493 e. The maximum atomic E-state index is 12.0. The number of benzene rings is 2. The van der Waals surface area contributed by atoms with E-state index in [9.17, 15) is 4.79 Å². The second-order valence-corrected chi connectivity index (χ2v) is 7.11. The van der Waals surface area contributed by atoms with Gasteiger partial charge < -0.3 is 10.1 Å². The molecule has 1 aromatic heterocycles. The number of ether oxygens (including phenoxy) is 1. The molecule has 3 aromatic rings. The van der Waals surface area contributed by atoms with Gasteiger partial charge in [-0.1, -0.05) is 42.5 Å². The Kier molecular flexibility index (Phi) is 4.53. The van der Waals surface area contributed by atoms with E-state index in [2.05, 4.69) is 29.6 Å². The molecule has 2 aromatic carbocycles. The molecule has 0 saturated carbocycles. The molecule has 0 saturated heterocycles. The van der Waals surface area contributed by atoms with Crippen molar-refractivity contribution < 1.29 is 9.53 Å². The summed E-state index contributed by atoms with van der Waals surface area (Å²) in [7, 11) is 0. The van der Waals surface area contributed by atoms with Gasteiger partial charge in [-0.05, 0) is 34.7 Å². The van der Waals surface area contributed by atoms with E-state index in [1.54, 1.807) is 11.3 Å². The fourth-order valence-electron chi connectivity index (χ4n) is 3.20. The van der Waals surface area contributed by atoms with E-state index < -0.39 is 0 Å². The number of carbonyl (C=O) groups is 1. The second kappa shape index (κ2) is 7.11. The lowest BCUT2D eigenvalue weighted by molar-refractivity contribution is -0.116. The lowest BCUT2D eigenvalue weighted by Crippen LogP contribution is -2.21. The van der Waals surface area contributed by atoms with Gasteiger partial charge in [0, 0.05) is 23.6 Å². The quantitative estimate of drug-likeness (QED) is 0.715. The van der Waals surface area contributed by atoms with Crippen LogP contribution in [0, 0.1) is 0 Å². The van der Waals surface area contributed by atoms with Gasteiger partial charge in [0.05, 0.1) is 12.3 Å². The Morgan fingerprint density at radius 1 is 1.08 bits per heavy atom. The highest BCUT2D eigenvalue weighted by Gasteiger charge is 2.27. The molecule has 2 heterocycles. The normalized spacial score (nSPS) is 16.2. The van der Waals surface area contributed by atoms with Crippen molar-refractivity contribution in [2.45, 2.75) is 18.8 Å². The number of rotatable bonds is 5. The van der Waals surface area contributed by atoms with Crippen LogP contribution in [0.25, 0.3) is 0 Å². The molecule has 0 bridgehead atoms. The summed E-state index contributed by atoms with van der Waals surface area (Å²) in [5.41, 5.74) is 3.35. The number of amides is 1. The first kappa shape index (κ1) is 15.9. The van der Waals surface area contributed by atoms with E-state index in [0.717, 1.165) is 23.4 Å². The van der Waals surface area contributed by atoms with Gasteiger partial charge in [-0.2, -0.15) is 0 Å². The highest BCUT2D eigenvalue weighted by atomic mass is 32.1. The standard InChI is InChI=1S/C21H19NO2S/c23-20-14-18(21-19(22-20)10-12-25-21)16-7-4-8-17(13-16)24-11-9-15-5-2-1-3-6-15/h1-8,10,12-13,18H,9,11,14H2,(H,22,23)/t18-/m1/s1. The van der Waals surface area contributed by atoms with Crippen LogP contribution in [0.2, 0.25) is 0 Å². The monoisotopic (exact) mass is 349 g/mol. The molecule has 1 aliphatic heterocycles. The van der Waals surface area contributed by atoms with E-state index in [1.807, 2.05) is 41.8 Å². The van der Waals surface area contributed by atoms with Crippen LogP contribution in [0.1, 0.15) is 28.3 Å². The molecule has 3 nitrogen and oxygen atoms in total. The zero-order chi connectivity index (χ0) is 17.1. The van der Waals surface area contributed by atoms with Crippen molar-refractivity contribution >= 4 is 22.9 Å². The third-order valence-electron chi connectivity index (χ3n) is 4.44. The van der Waals surface area contributed by atoms with E-state index in [1.165, 1.54) is 10.4 Å². The molecule has 0 radical (unpaired) electrons. The Bertz CT molecular complexity index is 872. The first-order valence-electron chi connectivity index (χ1n) is 8.43. The van der Waals surface area contributed by atoms with Gasteiger partial charge in [0.2, 0.25) is 5.91 Å². The first-order valence-corrected chi connectivity index (χ1v) is 9.31. The maximum absolute atomic E-state index is 12.0. The van der Waals surface area contributed by atoms with Crippen LogP contribution in [-0.2, 0) is 11.2 Å². The summed E-state index contributed by atoms with van der Waals surface area (Å²) in [6, 6.07) is 20.4. The Hall–Kier alpha value is -2.59. The number of hydrogen-bond acceptors (Lipinski definition) is 3. The zero-order valence-corrected chi connectivity index (χ0v) is 14.6. The maximum Gasteiger partial charge on any atom is 0.225 e. The predicted octanol–water partition coefficient (Wildman–Crippen LogP) is 4.84.